The Morgan fingerprint density at radius 3 is 2.13 bits per heavy atom. The van der Waals surface area contributed by atoms with Gasteiger partial charge in [0.05, 0.1) is 12.8 Å². The van der Waals surface area contributed by atoms with E-state index in [1.54, 1.807) is 23.2 Å². The number of carbonyl (C=O) groups excluding carboxylic acids is 2. The van der Waals surface area contributed by atoms with Gasteiger partial charge in [-0.25, -0.2) is 4.79 Å². The van der Waals surface area contributed by atoms with Crippen LogP contribution in [-0.4, -0.2) is 48.5 Å². The molecule has 7 heteroatoms. The summed E-state index contributed by atoms with van der Waals surface area (Å²) in [6, 6.07) is 19.3. The highest BCUT2D eigenvalue weighted by atomic mass is 16.5. The van der Waals surface area contributed by atoms with Crippen molar-refractivity contribution in [1.29, 1.82) is 0 Å². The number of carbonyl (C=O) groups is 2. The number of hydrogen-bond donors (Lipinski definition) is 1. The van der Waals surface area contributed by atoms with Gasteiger partial charge in [0.1, 0.15) is 12.3 Å². The van der Waals surface area contributed by atoms with Crippen LogP contribution >= 0.6 is 0 Å². The first-order valence-electron chi connectivity index (χ1n) is 13.3. The molecule has 1 aromatic heterocycles. The Hall–Kier alpha value is -3.58. The van der Waals surface area contributed by atoms with E-state index < -0.39 is 0 Å². The highest BCUT2D eigenvalue weighted by Gasteiger charge is 2.24. The quantitative estimate of drug-likeness (QED) is 0.257. The molecule has 0 bridgehead atoms. The van der Waals surface area contributed by atoms with Crippen LogP contribution in [0.3, 0.4) is 0 Å². The van der Waals surface area contributed by atoms with Gasteiger partial charge in [-0.3, -0.25) is 4.79 Å². The van der Waals surface area contributed by atoms with Crippen LogP contribution < -0.4 is 5.32 Å². The zero-order chi connectivity index (χ0) is 27.5. The van der Waals surface area contributed by atoms with Crippen LogP contribution in [-0.2, 0) is 22.6 Å². The number of rotatable bonds is 13. The largest absolute Gasteiger partial charge is 0.467 e. The molecule has 0 aliphatic heterocycles. The highest BCUT2D eigenvalue weighted by Crippen LogP contribution is 2.32. The minimum atomic E-state index is -0.290. The molecule has 1 N–H and O–H groups in total. The van der Waals surface area contributed by atoms with Crippen molar-refractivity contribution in [1.82, 2.24) is 9.80 Å². The molecule has 38 heavy (non-hydrogen) atoms. The van der Waals surface area contributed by atoms with Gasteiger partial charge in [-0.05, 0) is 47.1 Å². The van der Waals surface area contributed by atoms with E-state index >= 15 is 0 Å². The Bertz CT molecular complexity index is 1120. The first-order chi connectivity index (χ1) is 18.3. The van der Waals surface area contributed by atoms with Crippen molar-refractivity contribution in [3.05, 3.63) is 89.4 Å². The molecule has 0 aliphatic rings. The summed E-state index contributed by atoms with van der Waals surface area (Å²) < 4.78 is 10.8. The fourth-order valence-corrected chi connectivity index (χ4v) is 4.42. The normalized spacial score (nSPS) is 11.1. The highest BCUT2D eigenvalue weighted by molar-refractivity contribution is 5.94. The van der Waals surface area contributed by atoms with Gasteiger partial charge in [0.2, 0.25) is 5.91 Å². The number of ether oxygens (including phenoxy) is 1. The van der Waals surface area contributed by atoms with Crippen LogP contribution in [0.25, 0.3) is 0 Å². The Morgan fingerprint density at radius 2 is 1.55 bits per heavy atom. The number of urea groups is 1. The first-order valence-corrected chi connectivity index (χ1v) is 13.3. The summed E-state index contributed by atoms with van der Waals surface area (Å²) >= 11 is 0. The van der Waals surface area contributed by atoms with Gasteiger partial charge < -0.3 is 24.3 Å². The summed E-state index contributed by atoms with van der Waals surface area (Å²) in [5, 5.41) is 3.17. The molecule has 0 saturated carbocycles. The zero-order valence-corrected chi connectivity index (χ0v) is 23.3. The van der Waals surface area contributed by atoms with E-state index in [-0.39, 0.29) is 30.3 Å². The number of anilines is 1. The average molecular weight is 520 g/mol. The molecule has 2 aromatic carbocycles. The van der Waals surface area contributed by atoms with Crippen molar-refractivity contribution < 1.29 is 18.7 Å². The summed E-state index contributed by atoms with van der Waals surface area (Å²) in [6.07, 6.45) is 2.22. The SMILES string of the molecule is COCCCN(CC(=O)N(Cc1ccccc1)Cc1ccco1)C(=O)Nc1c(C(C)C)cccc1C(C)C. The second kappa shape index (κ2) is 14.4. The van der Waals surface area contributed by atoms with Gasteiger partial charge in [0.15, 0.2) is 0 Å². The predicted octanol–water partition coefficient (Wildman–Crippen LogP) is 6.63. The minimum absolute atomic E-state index is 0.0516. The van der Waals surface area contributed by atoms with Crippen LogP contribution in [0.2, 0.25) is 0 Å². The Kier molecular flexibility index (Phi) is 11.0. The maximum atomic E-state index is 13.7. The molecule has 0 spiro atoms. The molecule has 3 aromatic rings. The van der Waals surface area contributed by atoms with Crippen molar-refractivity contribution in [2.75, 3.05) is 32.1 Å². The molecule has 1 heterocycles. The van der Waals surface area contributed by atoms with Crippen molar-refractivity contribution >= 4 is 17.6 Å². The summed E-state index contributed by atoms with van der Waals surface area (Å²) in [6.45, 7) is 10.0. The Balaban J connectivity index is 1.84. The smallest absolute Gasteiger partial charge is 0.322 e. The van der Waals surface area contributed by atoms with E-state index in [1.807, 2.05) is 48.5 Å². The van der Waals surface area contributed by atoms with E-state index in [2.05, 4.69) is 45.1 Å². The second-order valence-corrected chi connectivity index (χ2v) is 10.1. The molecular formula is C31H41N3O4. The maximum absolute atomic E-state index is 13.7. The molecule has 3 amide bonds. The number of para-hydroxylation sites is 1. The lowest BCUT2D eigenvalue weighted by Gasteiger charge is -2.29. The molecule has 0 saturated heterocycles. The molecular weight excluding hydrogens is 478 g/mol. The number of hydrogen-bond acceptors (Lipinski definition) is 4. The molecule has 204 valence electrons. The average Bonchev–Trinajstić information content (AvgIpc) is 3.41. The van der Waals surface area contributed by atoms with Gasteiger partial charge in [-0.1, -0.05) is 76.2 Å². The molecule has 3 rings (SSSR count). The number of nitrogens with one attached hydrogen (secondary N) is 1. The van der Waals surface area contributed by atoms with E-state index in [9.17, 15) is 9.59 Å². The third-order valence-corrected chi connectivity index (χ3v) is 6.49. The van der Waals surface area contributed by atoms with Crippen LogP contribution in [0.4, 0.5) is 10.5 Å². The van der Waals surface area contributed by atoms with Crippen molar-refractivity contribution in [3.8, 4) is 0 Å². The summed E-state index contributed by atoms with van der Waals surface area (Å²) in [5.74, 6) is 1.01. The van der Waals surface area contributed by atoms with Gasteiger partial charge in [0, 0.05) is 32.5 Å². The van der Waals surface area contributed by atoms with Crippen LogP contribution in [0.15, 0.2) is 71.3 Å². The van der Waals surface area contributed by atoms with Crippen molar-refractivity contribution in [3.63, 3.8) is 0 Å². The summed E-state index contributed by atoms with van der Waals surface area (Å²) in [5.41, 5.74) is 4.01. The number of amides is 3. The van der Waals surface area contributed by atoms with Crippen LogP contribution in [0.1, 0.15) is 68.4 Å². The third-order valence-electron chi connectivity index (χ3n) is 6.49. The van der Waals surface area contributed by atoms with Gasteiger partial charge in [-0.15, -0.1) is 0 Å². The van der Waals surface area contributed by atoms with Gasteiger partial charge in [0.25, 0.3) is 0 Å². The lowest BCUT2D eigenvalue weighted by molar-refractivity contribution is -0.133. The van der Waals surface area contributed by atoms with Crippen LogP contribution in [0.5, 0.6) is 0 Å². The van der Waals surface area contributed by atoms with Crippen LogP contribution in [0, 0.1) is 0 Å². The van der Waals surface area contributed by atoms with E-state index in [1.165, 1.54) is 0 Å². The lowest BCUT2D eigenvalue weighted by atomic mass is 9.93. The number of furan rings is 1. The van der Waals surface area contributed by atoms with E-state index in [0.29, 0.717) is 38.4 Å². The number of methoxy groups -OCH3 is 1. The third kappa shape index (κ3) is 8.21. The summed E-state index contributed by atoms with van der Waals surface area (Å²) in [4.78, 5) is 30.6. The molecule has 0 aliphatic carbocycles. The fourth-order valence-electron chi connectivity index (χ4n) is 4.42. The minimum Gasteiger partial charge on any atom is -0.467 e. The monoisotopic (exact) mass is 519 g/mol. The molecule has 0 fully saturated rings. The first kappa shape index (κ1) is 29.0. The van der Waals surface area contributed by atoms with E-state index in [0.717, 1.165) is 22.4 Å². The Morgan fingerprint density at radius 1 is 0.868 bits per heavy atom. The zero-order valence-electron chi connectivity index (χ0n) is 23.3. The number of benzene rings is 2. The molecule has 7 nitrogen and oxygen atoms in total. The second-order valence-electron chi connectivity index (χ2n) is 10.1. The topological polar surface area (TPSA) is 75.0 Å². The fraction of sp³-hybridized carbons (Fsp3) is 0.419. The van der Waals surface area contributed by atoms with Crippen molar-refractivity contribution in [2.24, 2.45) is 0 Å². The van der Waals surface area contributed by atoms with E-state index in [4.69, 9.17) is 9.15 Å². The lowest BCUT2D eigenvalue weighted by Crippen LogP contribution is -2.45. The molecule has 0 radical (unpaired) electrons. The van der Waals surface area contributed by atoms with Gasteiger partial charge >= 0.3 is 6.03 Å². The van der Waals surface area contributed by atoms with Crippen molar-refractivity contribution in [2.45, 2.75) is 59.0 Å². The summed E-state index contributed by atoms with van der Waals surface area (Å²) in [7, 11) is 1.63. The molecule has 0 unspecified atom stereocenters. The standard InChI is InChI=1S/C31H41N3O4/c1-23(2)27-15-9-16-28(24(3)4)30(27)32-31(36)33(17-11-18-37-5)22-29(35)34(21-26-14-10-19-38-26)20-25-12-7-6-8-13-25/h6-10,12-16,19,23-24H,11,17-18,20-22H2,1-5H3,(H,32,36). The maximum Gasteiger partial charge on any atom is 0.322 e. The predicted molar refractivity (Wildman–Crippen MR) is 151 cm³/mol. The Labute approximate surface area is 226 Å². The van der Waals surface area contributed by atoms with Gasteiger partial charge in [-0.2, -0.15) is 0 Å². The number of nitrogens with zero attached hydrogens (tertiary/aromatic N) is 2. The molecule has 0 atom stereocenters.